The van der Waals surface area contributed by atoms with E-state index in [9.17, 15) is 4.79 Å². The van der Waals surface area contributed by atoms with Crippen LogP contribution >= 0.6 is 23.2 Å². The maximum atomic E-state index is 12.1. The summed E-state index contributed by atoms with van der Waals surface area (Å²) in [5.41, 5.74) is 0. The number of aromatic nitrogens is 2. The number of hydrogen-bond acceptors (Lipinski definition) is 4. The van der Waals surface area contributed by atoms with Crippen LogP contribution in [0.2, 0.25) is 10.2 Å². The summed E-state index contributed by atoms with van der Waals surface area (Å²) in [6.07, 6.45) is 6.40. The number of carbonyl (C=O) groups is 1. The number of nitrogens with one attached hydrogen (secondary N) is 2. The molecule has 3 heterocycles. The Balaban J connectivity index is 1.58. The molecule has 0 aliphatic carbocycles. The molecular weight excluding hydrogens is 299 g/mol. The molecule has 5 nitrogen and oxygen atoms in total. The molecule has 3 rings (SSSR count). The number of fused-ring (bicyclic) bond motifs is 2. The number of carbonyl (C=O) groups excluding carboxylic acids is 1. The lowest BCUT2D eigenvalue weighted by molar-refractivity contribution is -0.117. The van der Waals surface area contributed by atoms with Gasteiger partial charge in [0.05, 0.1) is 0 Å². The molecule has 2 saturated heterocycles. The smallest absolute Gasteiger partial charge is 0.225 e. The van der Waals surface area contributed by atoms with E-state index in [-0.39, 0.29) is 21.9 Å². The maximum absolute atomic E-state index is 12.1. The second-order valence-electron chi connectivity index (χ2n) is 5.55. The summed E-state index contributed by atoms with van der Waals surface area (Å²) in [7, 11) is 0. The standard InChI is InChI=1S/C13H16Cl2N4O/c14-11-12(15)16-6-17-13(11)19-10(20)5-7-3-8-1-2-9(4-7)18-8/h6-9,18H,1-5H2,(H,16,17,19,20). The van der Waals surface area contributed by atoms with Gasteiger partial charge < -0.3 is 10.6 Å². The van der Waals surface area contributed by atoms with Crippen LogP contribution in [0.25, 0.3) is 0 Å². The second-order valence-corrected chi connectivity index (χ2v) is 6.29. The fraction of sp³-hybridized carbons (Fsp3) is 0.615. The Morgan fingerprint density at radius 1 is 1.30 bits per heavy atom. The van der Waals surface area contributed by atoms with E-state index in [1.165, 1.54) is 19.2 Å². The zero-order valence-corrected chi connectivity index (χ0v) is 12.4. The second kappa shape index (κ2) is 5.84. The van der Waals surface area contributed by atoms with Crippen LogP contribution < -0.4 is 10.6 Å². The molecule has 0 saturated carbocycles. The summed E-state index contributed by atoms with van der Waals surface area (Å²) in [5, 5.41) is 6.63. The largest absolute Gasteiger partial charge is 0.311 e. The van der Waals surface area contributed by atoms with Gasteiger partial charge >= 0.3 is 0 Å². The molecule has 2 fully saturated rings. The van der Waals surface area contributed by atoms with Gasteiger partial charge in [-0.05, 0) is 31.6 Å². The van der Waals surface area contributed by atoms with Gasteiger partial charge in [0.1, 0.15) is 11.3 Å². The van der Waals surface area contributed by atoms with Crippen molar-refractivity contribution in [3.05, 3.63) is 16.5 Å². The predicted octanol–water partition coefficient (Wildman–Crippen LogP) is 2.64. The summed E-state index contributed by atoms with van der Waals surface area (Å²) in [6.45, 7) is 0. The Hall–Kier alpha value is -0.910. The van der Waals surface area contributed by atoms with Gasteiger partial charge in [-0.3, -0.25) is 4.79 Å². The average Bonchev–Trinajstić information content (AvgIpc) is 2.74. The van der Waals surface area contributed by atoms with E-state index in [1.54, 1.807) is 0 Å². The van der Waals surface area contributed by atoms with Gasteiger partial charge in [0.15, 0.2) is 11.0 Å². The van der Waals surface area contributed by atoms with E-state index in [0.29, 0.717) is 24.4 Å². The summed E-state index contributed by atoms with van der Waals surface area (Å²) >= 11 is 11.7. The Morgan fingerprint density at radius 2 is 2.00 bits per heavy atom. The summed E-state index contributed by atoms with van der Waals surface area (Å²) in [6, 6.07) is 1.17. The number of rotatable bonds is 3. The minimum absolute atomic E-state index is 0.0621. The van der Waals surface area contributed by atoms with Crippen LogP contribution in [0.15, 0.2) is 6.33 Å². The van der Waals surface area contributed by atoms with E-state index in [2.05, 4.69) is 20.6 Å². The molecule has 0 aromatic carbocycles. The van der Waals surface area contributed by atoms with Crippen LogP contribution in [0, 0.1) is 5.92 Å². The van der Waals surface area contributed by atoms with Crippen LogP contribution in [-0.4, -0.2) is 28.0 Å². The van der Waals surface area contributed by atoms with E-state index in [0.717, 1.165) is 12.8 Å². The minimum Gasteiger partial charge on any atom is -0.311 e. The average molecular weight is 315 g/mol. The van der Waals surface area contributed by atoms with E-state index in [1.807, 2.05) is 0 Å². The molecule has 1 aromatic heterocycles. The van der Waals surface area contributed by atoms with Crippen molar-refractivity contribution < 1.29 is 4.79 Å². The summed E-state index contributed by atoms with van der Waals surface area (Å²) in [4.78, 5) is 19.8. The number of halogens is 2. The number of piperidine rings is 1. The van der Waals surface area contributed by atoms with Crippen molar-refractivity contribution in [2.75, 3.05) is 5.32 Å². The van der Waals surface area contributed by atoms with Crippen molar-refractivity contribution in [2.24, 2.45) is 5.92 Å². The molecule has 20 heavy (non-hydrogen) atoms. The first-order valence-corrected chi connectivity index (χ1v) is 7.59. The highest BCUT2D eigenvalue weighted by molar-refractivity contribution is 6.42. The van der Waals surface area contributed by atoms with Gasteiger partial charge in [-0.2, -0.15) is 0 Å². The van der Waals surface area contributed by atoms with Crippen LogP contribution in [0.1, 0.15) is 32.1 Å². The van der Waals surface area contributed by atoms with Gasteiger partial charge in [-0.1, -0.05) is 23.2 Å². The lowest BCUT2D eigenvalue weighted by Crippen LogP contribution is -2.39. The SMILES string of the molecule is O=C(CC1CC2CCC(C1)N2)Nc1ncnc(Cl)c1Cl. The van der Waals surface area contributed by atoms with Crippen molar-refractivity contribution >= 4 is 34.9 Å². The molecule has 2 aliphatic heterocycles. The fourth-order valence-electron chi connectivity index (χ4n) is 3.22. The van der Waals surface area contributed by atoms with Crippen LogP contribution in [0.5, 0.6) is 0 Å². The van der Waals surface area contributed by atoms with Crippen molar-refractivity contribution in [1.29, 1.82) is 0 Å². The third-order valence-corrected chi connectivity index (χ3v) is 4.79. The fourth-order valence-corrected chi connectivity index (χ4v) is 3.50. The molecule has 1 aromatic rings. The van der Waals surface area contributed by atoms with Crippen LogP contribution in [0.3, 0.4) is 0 Å². The molecular formula is C13H16Cl2N4O. The number of amides is 1. The maximum Gasteiger partial charge on any atom is 0.225 e. The minimum atomic E-state index is -0.0621. The van der Waals surface area contributed by atoms with Gasteiger partial charge in [0, 0.05) is 18.5 Å². The monoisotopic (exact) mass is 314 g/mol. The van der Waals surface area contributed by atoms with Crippen LogP contribution in [-0.2, 0) is 4.79 Å². The lowest BCUT2D eigenvalue weighted by atomic mass is 9.89. The highest BCUT2D eigenvalue weighted by atomic mass is 35.5. The molecule has 0 radical (unpaired) electrons. The molecule has 2 N–H and O–H groups in total. The zero-order chi connectivity index (χ0) is 14.1. The number of hydrogen-bond donors (Lipinski definition) is 2. The van der Waals surface area contributed by atoms with Crippen molar-refractivity contribution in [3.8, 4) is 0 Å². The van der Waals surface area contributed by atoms with Gasteiger partial charge in [-0.25, -0.2) is 9.97 Å². The normalized spacial score (nSPS) is 28.4. The van der Waals surface area contributed by atoms with Crippen LogP contribution in [0.4, 0.5) is 5.82 Å². The Bertz CT molecular complexity index is 513. The topological polar surface area (TPSA) is 66.9 Å². The third kappa shape index (κ3) is 3.05. The molecule has 2 aliphatic rings. The van der Waals surface area contributed by atoms with Gasteiger partial charge in [0.2, 0.25) is 5.91 Å². The molecule has 2 unspecified atom stereocenters. The number of nitrogens with zero attached hydrogens (tertiary/aromatic N) is 2. The first-order chi connectivity index (χ1) is 9.61. The molecule has 1 amide bonds. The Morgan fingerprint density at radius 3 is 2.70 bits per heavy atom. The summed E-state index contributed by atoms with van der Waals surface area (Å²) in [5.74, 6) is 0.659. The third-order valence-electron chi connectivity index (χ3n) is 4.05. The molecule has 7 heteroatoms. The molecule has 2 atom stereocenters. The first kappa shape index (κ1) is 14.0. The molecule has 0 spiro atoms. The zero-order valence-electron chi connectivity index (χ0n) is 10.9. The van der Waals surface area contributed by atoms with Gasteiger partial charge in [0.25, 0.3) is 0 Å². The summed E-state index contributed by atoms with van der Waals surface area (Å²) < 4.78 is 0. The highest BCUT2D eigenvalue weighted by Crippen LogP contribution is 2.33. The Labute approximate surface area is 127 Å². The molecule has 108 valence electrons. The highest BCUT2D eigenvalue weighted by Gasteiger charge is 2.34. The van der Waals surface area contributed by atoms with E-state index >= 15 is 0 Å². The first-order valence-electron chi connectivity index (χ1n) is 6.83. The van der Waals surface area contributed by atoms with Crippen molar-refractivity contribution in [3.63, 3.8) is 0 Å². The predicted molar refractivity (Wildman–Crippen MR) is 78.0 cm³/mol. The van der Waals surface area contributed by atoms with E-state index < -0.39 is 0 Å². The van der Waals surface area contributed by atoms with Gasteiger partial charge in [-0.15, -0.1) is 0 Å². The number of anilines is 1. The van der Waals surface area contributed by atoms with E-state index in [4.69, 9.17) is 23.2 Å². The quantitative estimate of drug-likeness (QED) is 0.842. The lowest BCUT2D eigenvalue weighted by Gasteiger charge is -2.28. The molecule has 2 bridgehead atoms. The van der Waals surface area contributed by atoms with Crippen molar-refractivity contribution in [1.82, 2.24) is 15.3 Å². The Kier molecular flexibility index (Phi) is 4.10. The van der Waals surface area contributed by atoms with Crippen molar-refractivity contribution in [2.45, 2.75) is 44.2 Å².